The zero-order chi connectivity index (χ0) is 24.6. The van der Waals surface area contributed by atoms with Crippen LogP contribution in [0.2, 0.25) is 0 Å². The zero-order valence-corrected chi connectivity index (χ0v) is 20.3. The van der Waals surface area contributed by atoms with E-state index in [-0.39, 0.29) is 17.5 Å². The average Bonchev–Trinajstić information content (AvgIpc) is 2.90. The maximum atomic E-state index is 13.8. The number of carbonyl (C=O) groups excluding carboxylic acids is 2. The molecule has 1 fully saturated rings. The van der Waals surface area contributed by atoms with E-state index in [1.54, 1.807) is 24.3 Å². The van der Waals surface area contributed by atoms with Crippen LogP contribution in [0.15, 0.2) is 90.4 Å². The van der Waals surface area contributed by atoms with Gasteiger partial charge < -0.3 is 20.9 Å². The molecule has 1 aliphatic rings. The van der Waals surface area contributed by atoms with E-state index in [0.717, 1.165) is 41.8 Å². The fraction of sp³-hybridized carbons (Fsp3) is 0.241. The molecule has 0 radical (unpaired) electrons. The Morgan fingerprint density at radius 3 is 1.71 bits per heavy atom. The second-order valence-corrected chi connectivity index (χ2v) is 8.91. The number of anilines is 2. The van der Waals surface area contributed by atoms with Gasteiger partial charge in [0.1, 0.15) is 11.5 Å². The molecule has 1 aliphatic heterocycles. The fourth-order valence-corrected chi connectivity index (χ4v) is 3.97. The monoisotopic (exact) mass is 468 g/mol. The third kappa shape index (κ3) is 6.51. The molecule has 180 valence electrons. The summed E-state index contributed by atoms with van der Waals surface area (Å²) in [5.74, 6) is -0.111. The van der Waals surface area contributed by atoms with Crippen LogP contribution >= 0.6 is 0 Å². The summed E-state index contributed by atoms with van der Waals surface area (Å²) in [5.41, 5.74) is 4.57. The van der Waals surface area contributed by atoms with Gasteiger partial charge in [0, 0.05) is 30.0 Å². The zero-order valence-electron chi connectivity index (χ0n) is 20.3. The standard InChI is InChI=1S/C29H32N4O2/c1-21-11-15-24(16-12-21)30-27(31-25-17-13-22(2)14-18-25)26(29(35)33-19-7-4-8-20-33)32-28(34)23-9-5-3-6-10-23/h3,5-6,9-18,30-31H,4,7-8,19-20H2,1-2H3,(H,32,34). The minimum atomic E-state index is -0.333. The van der Waals surface area contributed by atoms with E-state index in [1.807, 2.05) is 73.3 Å². The van der Waals surface area contributed by atoms with E-state index < -0.39 is 0 Å². The first-order valence-electron chi connectivity index (χ1n) is 12.1. The Morgan fingerprint density at radius 1 is 0.686 bits per heavy atom. The van der Waals surface area contributed by atoms with Crippen molar-refractivity contribution in [2.75, 3.05) is 23.7 Å². The number of hydrogen-bond acceptors (Lipinski definition) is 4. The topological polar surface area (TPSA) is 73.5 Å². The number of nitrogens with zero attached hydrogens (tertiary/aromatic N) is 1. The molecule has 0 unspecified atom stereocenters. The molecular formula is C29H32N4O2. The second kappa shape index (κ2) is 11.4. The molecule has 2 amide bonds. The molecular weight excluding hydrogens is 436 g/mol. The van der Waals surface area contributed by atoms with E-state index in [4.69, 9.17) is 0 Å². The predicted molar refractivity (Wildman–Crippen MR) is 141 cm³/mol. The van der Waals surface area contributed by atoms with Crippen LogP contribution in [0.4, 0.5) is 11.4 Å². The van der Waals surface area contributed by atoms with Gasteiger partial charge >= 0.3 is 0 Å². The molecule has 0 aromatic heterocycles. The second-order valence-electron chi connectivity index (χ2n) is 8.91. The van der Waals surface area contributed by atoms with Crippen molar-refractivity contribution in [3.05, 3.63) is 107 Å². The summed E-state index contributed by atoms with van der Waals surface area (Å²) in [6, 6.07) is 24.8. The number of piperidine rings is 1. The van der Waals surface area contributed by atoms with Crippen molar-refractivity contribution < 1.29 is 9.59 Å². The molecule has 6 nitrogen and oxygen atoms in total. The lowest BCUT2D eigenvalue weighted by molar-refractivity contribution is -0.128. The van der Waals surface area contributed by atoms with Gasteiger partial charge in [-0.25, -0.2) is 0 Å². The first-order chi connectivity index (χ1) is 17.0. The van der Waals surface area contributed by atoms with Gasteiger partial charge in [-0.1, -0.05) is 53.6 Å². The average molecular weight is 469 g/mol. The Labute approximate surface area is 207 Å². The lowest BCUT2D eigenvalue weighted by atomic mass is 10.1. The lowest BCUT2D eigenvalue weighted by Gasteiger charge is -2.29. The van der Waals surface area contributed by atoms with E-state index in [1.165, 1.54) is 0 Å². The van der Waals surface area contributed by atoms with E-state index in [2.05, 4.69) is 16.0 Å². The van der Waals surface area contributed by atoms with Crippen LogP contribution in [-0.2, 0) is 4.79 Å². The Hall–Kier alpha value is -4.06. The molecule has 0 aliphatic carbocycles. The summed E-state index contributed by atoms with van der Waals surface area (Å²) in [7, 11) is 0. The Balaban J connectivity index is 1.76. The van der Waals surface area contributed by atoms with Crippen LogP contribution in [-0.4, -0.2) is 29.8 Å². The van der Waals surface area contributed by atoms with Crippen molar-refractivity contribution in [3.8, 4) is 0 Å². The minimum absolute atomic E-state index is 0.196. The SMILES string of the molecule is Cc1ccc(NC(Nc2ccc(C)cc2)=C(NC(=O)c2ccccc2)C(=O)N2CCCCC2)cc1. The number of rotatable bonds is 7. The Morgan fingerprint density at radius 2 is 1.20 bits per heavy atom. The molecule has 3 N–H and O–H groups in total. The highest BCUT2D eigenvalue weighted by Gasteiger charge is 2.26. The first-order valence-corrected chi connectivity index (χ1v) is 12.1. The summed E-state index contributed by atoms with van der Waals surface area (Å²) in [6.07, 6.45) is 3.02. The van der Waals surface area contributed by atoms with E-state index in [9.17, 15) is 9.59 Å². The summed E-state index contributed by atoms with van der Waals surface area (Å²) in [6.45, 7) is 5.39. The van der Waals surface area contributed by atoms with Gasteiger partial charge in [0.05, 0.1) is 0 Å². The van der Waals surface area contributed by atoms with Crippen LogP contribution < -0.4 is 16.0 Å². The van der Waals surface area contributed by atoms with Crippen molar-refractivity contribution in [3.63, 3.8) is 0 Å². The normalized spacial score (nSPS) is 13.0. The predicted octanol–water partition coefficient (Wildman–Crippen LogP) is 5.44. The molecule has 0 bridgehead atoms. The fourth-order valence-electron chi connectivity index (χ4n) is 3.97. The van der Waals surface area contributed by atoms with Gasteiger partial charge in [-0.05, 0) is 69.5 Å². The van der Waals surface area contributed by atoms with E-state index >= 15 is 0 Å². The van der Waals surface area contributed by atoms with Crippen LogP contribution in [0.3, 0.4) is 0 Å². The van der Waals surface area contributed by atoms with Crippen LogP contribution in [0.5, 0.6) is 0 Å². The van der Waals surface area contributed by atoms with Crippen molar-refractivity contribution in [1.29, 1.82) is 0 Å². The molecule has 35 heavy (non-hydrogen) atoms. The van der Waals surface area contributed by atoms with Crippen LogP contribution in [0.1, 0.15) is 40.7 Å². The summed E-state index contributed by atoms with van der Waals surface area (Å²) < 4.78 is 0. The molecule has 0 spiro atoms. The smallest absolute Gasteiger partial charge is 0.274 e. The number of benzene rings is 3. The van der Waals surface area contributed by atoms with Gasteiger partial charge in [0.15, 0.2) is 0 Å². The van der Waals surface area contributed by atoms with Gasteiger partial charge in [0.2, 0.25) is 0 Å². The number of nitrogens with one attached hydrogen (secondary N) is 3. The van der Waals surface area contributed by atoms with E-state index in [0.29, 0.717) is 24.5 Å². The summed E-state index contributed by atoms with van der Waals surface area (Å²) in [5, 5.41) is 9.62. The highest BCUT2D eigenvalue weighted by Crippen LogP contribution is 2.20. The molecule has 0 saturated carbocycles. The van der Waals surface area contributed by atoms with Gasteiger partial charge in [0.25, 0.3) is 11.8 Å². The third-order valence-corrected chi connectivity index (χ3v) is 6.02. The van der Waals surface area contributed by atoms with Gasteiger partial charge in [-0.15, -0.1) is 0 Å². The number of amides is 2. The van der Waals surface area contributed by atoms with Crippen molar-refractivity contribution >= 4 is 23.2 Å². The largest absolute Gasteiger partial charge is 0.340 e. The Bertz CT molecular complexity index is 1130. The highest BCUT2D eigenvalue weighted by molar-refractivity contribution is 6.03. The molecule has 6 heteroatoms. The Kier molecular flexibility index (Phi) is 7.83. The minimum Gasteiger partial charge on any atom is -0.340 e. The number of hydrogen-bond donors (Lipinski definition) is 3. The lowest BCUT2D eigenvalue weighted by Crippen LogP contribution is -2.43. The molecule has 1 heterocycles. The van der Waals surface area contributed by atoms with Crippen LogP contribution in [0.25, 0.3) is 0 Å². The maximum absolute atomic E-state index is 13.8. The first kappa shape index (κ1) is 24.1. The molecule has 4 rings (SSSR count). The molecule has 3 aromatic rings. The molecule has 0 atom stereocenters. The summed E-state index contributed by atoms with van der Waals surface area (Å²) in [4.78, 5) is 28.8. The van der Waals surface area contributed by atoms with Crippen LogP contribution in [0, 0.1) is 13.8 Å². The maximum Gasteiger partial charge on any atom is 0.274 e. The van der Waals surface area contributed by atoms with Crippen molar-refractivity contribution in [1.82, 2.24) is 10.2 Å². The third-order valence-electron chi connectivity index (χ3n) is 6.02. The van der Waals surface area contributed by atoms with Gasteiger partial charge in [-0.2, -0.15) is 0 Å². The highest BCUT2D eigenvalue weighted by atomic mass is 16.2. The summed E-state index contributed by atoms with van der Waals surface area (Å²) >= 11 is 0. The number of aryl methyl sites for hydroxylation is 2. The molecule has 1 saturated heterocycles. The number of carbonyl (C=O) groups is 2. The van der Waals surface area contributed by atoms with Gasteiger partial charge in [-0.3, -0.25) is 9.59 Å². The number of likely N-dealkylation sites (tertiary alicyclic amines) is 1. The van der Waals surface area contributed by atoms with Crippen molar-refractivity contribution in [2.45, 2.75) is 33.1 Å². The quantitative estimate of drug-likeness (QED) is 0.404. The molecule has 3 aromatic carbocycles. The van der Waals surface area contributed by atoms with Crippen molar-refractivity contribution in [2.24, 2.45) is 0 Å².